The summed E-state index contributed by atoms with van der Waals surface area (Å²) in [6.07, 6.45) is 3.94. The van der Waals surface area contributed by atoms with Gasteiger partial charge >= 0.3 is 0 Å². The molecule has 1 aliphatic carbocycles. The smallest absolute Gasteiger partial charge is 0.0459 e. The number of aromatic nitrogens is 1. The summed E-state index contributed by atoms with van der Waals surface area (Å²) in [7, 11) is 0. The second-order valence-corrected chi connectivity index (χ2v) is 7.51. The normalized spacial score (nSPS) is 31.9. The topological polar surface area (TPSA) is 27.8 Å². The van der Waals surface area contributed by atoms with Crippen LogP contribution in [-0.4, -0.2) is 11.0 Å². The summed E-state index contributed by atoms with van der Waals surface area (Å²) in [6, 6.07) is 9.88. The highest BCUT2D eigenvalue weighted by molar-refractivity contribution is 5.85. The molecule has 0 amide bonds. The van der Waals surface area contributed by atoms with Crippen molar-refractivity contribution in [1.82, 2.24) is 10.3 Å². The molecule has 0 saturated heterocycles. The van der Waals surface area contributed by atoms with E-state index in [9.17, 15) is 0 Å². The maximum Gasteiger partial charge on any atom is 0.0459 e. The number of hydrogen-bond acceptors (Lipinski definition) is 1. The van der Waals surface area contributed by atoms with Gasteiger partial charge in [0.05, 0.1) is 0 Å². The molecule has 1 aromatic heterocycles. The summed E-state index contributed by atoms with van der Waals surface area (Å²) in [5.74, 6) is 0.686. The van der Waals surface area contributed by atoms with Gasteiger partial charge in [-0.2, -0.15) is 0 Å². The summed E-state index contributed by atoms with van der Waals surface area (Å²) in [4.78, 5) is 3.66. The van der Waals surface area contributed by atoms with Gasteiger partial charge in [0.25, 0.3) is 0 Å². The molecule has 1 fully saturated rings. The van der Waals surface area contributed by atoms with Gasteiger partial charge in [-0.05, 0) is 43.2 Å². The number of para-hydroxylation sites is 1. The van der Waals surface area contributed by atoms with Crippen LogP contribution in [0.3, 0.4) is 0 Å². The lowest BCUT2D eigenvalue weighted by molar-refractivity contribution is 0.159. The fourth-order valence-corrected chi connectivity index (χ4v) is 4.44. The third kappa shape index (κ3) is 1.74. The lowest BCUT2D eigenvalue weighted by Crippen LogP contribution is -2.46. The largest absolute Gasteiger partial charge is 0.357 e. The minimum atomic E-state index is 0.438. The number of hydrogen-bond donors (Lipinski definition) is 2. The zero-order chi connectivity index (χ0) is 13.9. The second kappa shape index (κ2) is 4.11. The molecule has 0 bridgehead atoms. The van der Waals surface area contributed by atoms with Crippen molar-refractivity contribution in [3.63, 3.8) is 0 Å². The maximum absolute atomic E-state index is 3.86. The van der Waals surface area contributed by atoms with E-state index in [-0.39, 0.29) is 0 Å². The quantitative estimate of drug-likeness (QED) is 0.723. The molecule has 2 aromatic rings. The van der Waals surface area contributed by atoms with E-state index in [1.807, 2.05) is 0 Å². The van der Waals surface area contributed by atoms with Crippen molar-refractivity contribution in [3.05, 3.63) is 35.5 Å². The van der Waals surface area contributed by atoms with Gasteiger partial charge in [-0.25, -0.2) is 0 Å². The Kier molecular flexibility index (Phi) is 2.56. The predicted molar refractivity (Wildman–Crippen MR) is 84.0 cm³/mol. The highest BCUT2D eigenvalue weighted by atomic mass is 15.0. The molecule has 1 aromatic carbocycles. The van der Waals surface area contributed by atoms with Gasteiger partial charge in [-0.15, -0.1) is 0 Å². The Morgan fingerprint density at radius 3 is 2.85 bits per heavy atom. The van der Waals surface area contributed by atoms with Gasteiger partial charge < -0.3 is 10.3 Å². The van der Waals surface area contributed by atoms with Gasteiger partial charge in [-0.3, -0.25) is 0 Å². The van der Waals surface area contributed by atoms with Crippen LogP contribution in [0.2, 0.25) is 0 Å². The molecule has 2 N–H and O–H groups in total. The fourth-order valence-electron chi connectivity index (χ4n) is 4.44. The van der Waals surface area contributed by atoms with Crippen LogP contribution in [0.1, 0.15) is 63.3 Å². The van der Waals surface area contributed by atoms with E-state index in [1.165, 1.54) is 35.9 Å². The minimum absolute atomic E-state index is 0.438. The standard InChI is InChI=1S/C18H24N2/c1-11-17-16(12-6-4-5-7-14(12)20-17)13-8-9-18(2,3)10-15(13)19-11/h4-7,11,13,15,19-20H,8-10H2,1-3H3. The summed E-state index contributed by atoms with van der Waals surface area (Å²) in [5, 5.41) is 5.31. The van der Waals surface area contributed by atoms with Gasteiger partial charge in [0.1, 0.15) is 0 Å². The van der Waals surface area contributed by atoms with E-state index >= 15 is 0 Å². The Morgan fingerprint density at radius 2 is 2.00 bits per heavy atom. The zero-order valence-electron chi connectivity index (χ0n) is 12.7. The van der Waals surface area contributed by atoms with Crippen molar-refractivity contribution < 1.29 is 0 Å². The average Bonchev–Trinajstić information content (AvgIpc) is 2.78. The fraction of sp³-hybridized carbons (Fsp3) is 0.556. The Bertz CT molecular complexity index is 652. The van der Waals surface area contributed by atoms with E-state index in [0.717, 1.165) is 0 Å². The minimum Gasteiger partial charge on any atom is -0.357 e. The molecule has 106 valence electrons. The van der Waals surface area contributed by atoms with Crippen LogP contribution < -0.4 is 5.32 Å². The molecule has 20 heavy (non-hydrogen) atoms. The molecule has 1 saturated carbocycles. The summed E-state index contributed by atoms with van der Waals surface area (Å²) in [5.41, 5.74) is 4.81. The Morgan fingerprint density at radius 1 is 1.20 bits per heavy atom. The van der Waals surface area contributed by atoms with Gasteiger partial charge in [-0.1, -0.05) is 32.0 Å². The molecular weight excluding hydrogens is 244 g/mol. The molecule has 3 atom stereocenters. The van der Waals surface area contributed by atoms with Crippen molar-refractivity contribution in [2.75, 3.05) is 0 Å². The second-order valence-electron chi connectivity index (χ2n) is 7.51. The number of fused-ring (bicyclic) bond motifs is 5. The first-order valence-electron chi connectivity index (χ1n) is 7.92. The van der Waals surface area contributed by atoms with E-state index < -0.39 is 0 Å². The van der Waals surface area contributed by atoms with Crippen LogP contribution in [0.25, 0.3) is 10.9 Å². The van der Waals surface area contributed by atoms with Crippen LogP contribution in [-0.2, 0) is 0 Å². The third-order valence-corrected chi connectivity index (χ3v) is 5.43. The molecule has 3 unspecified atom stereocenters. The van der Waals surface area contributed by atoms with Gasteiger partial charge in [0, 0.05) is 34.6 Å². The molecule has 2 heteroatoms. The van der Waals surface area contributed by atoms with E-state index in [2.05, 4.69) is 55.3 Å². The first-order valence-corrected chi connectivity index (χ1v) is 7.92. The van der Waals surface area contributed by atoms with Crippen molar-refractivity contribution in [3.8, 4) is 0 Å². The number of H-pyrrole nitrogens is 1. The van der Waals surface area contributed by atoms with Crippen LogP contribution in [0.4, 0.5) is 0 Å². The average molecular weight is 268 g/mol. The van der Waals surface area contributed by atoms with Gasteiger partial charge in [0.2, 0.25) is 0 Å². The molecular formula is C18H24N2. The van der Waals surface area contributed by atoms with Crippen LogP contribution >= 0.6 is 0 Å². The highest BCUT2D eigenvalue weighted by Gasteiger charge is 2.41. The highest BCUT2D eigenvalue weighted by Crippen LogP contribution is 2.49. The first kappa shape index (κ1) is 12.5. The van der Waals surface area contributed by atoms with E-state index in [4.69, 9.17) is 0 Å². The molecule has 0 spiro atoms. The predicted octanol–water partition coefficient (Wildman–Crippen LogP) is 4.49. The first-order chi connectivity index (χ1) is 9.55. The monoisotopic (exact) mass is 268 g/mol. The number of rotatable bonds is 0. The van der Waals surface area contributed by atoms with Gasteiger partial charge in [0.15, 0.2) is 0 Å². The zero-order valence-corrected chi connectivity index (χ0v) is 12.7. The molecule has 0 radical (unpaired) electrons. The summed E-state index contributed by atoms with van der Waals surface area (Å²) in [6.45, 7) is 7.13. The number of benzene rings is 1. The van der Waals surface area contributed by atoms with Crippen LogP contribution in [0.15, 0.2) is 24.3 Å². The number of aromatic amines is 1. The Hall–Kier alpha value is -1.28. The summed E-state index contributed by atoms with van der Waals surface area (Å²) >= 11 is 0. The molecule has 4 rings (SSSR count). The van der Waals surface area contributed by atoms with Crippen LogP contribution in [0, 0.1) is 5.41 Å². The third-order valence-electron chi connectivity index (χ3n) is 5.43. The maximum atomic E-state index is 3.86. The van der Waals surface area contributed by atoms with Crippen molar-refractivity contribution in [2.45, 2.75) is 58.0 Å². The SMILES string of the molecule is CC1NC2CC(C)(C)CCC2c2c1[nH]c1ccccc21. The number of nitrogens with one attached hydrogen (secondary N) is 2. The summed E-state index contributed by atoms with van der Waals surface area (Å²) < 4.78 is 0. The molecule has 2 heterocycles. The Labute approximate surface area is 121 Å². The lowest BCUT2D eigenvalue weighted by atomic mass is 9.66. The van der Waals surface area contributed by atoms with E-state index in [0.29, 0.717) is 23.4 Å². The molecule has 2 nitrogen and oxygen atoms in total. The molecule has 1 aliphatic heterocycles. The lowest BCUT2D eigenvalue weighted by Gasteiger charge is -2.45. The van der Waals surface area contributed by atoms with Crippen molar-refractivity contribution in [2.24, 2.45) is 5.41 Å². The van der Waals surface area contributed by atoms with Crippen molar-refractivity contribution in [1.29, 1.82) is 0 Å². The Balaban J connectivity index is 1.86. The van der Waals surface area contributed by atoms with E-state index in [1.54, 1.807) is 5.56 Å². The molecule has 2 aliphatic rings. The van der Waals surface area contributed by atoms with Crippen molar-refractivity contribution >= 4 is 10.9 Å². The van der Waals surface area contributed by atoms with Crippen LogP contribution in [0.5, 0.6) is 0 Å².